The van der Waals surface area contributed by atoms with Crippen LogP contribution in [-0.4, -0.2) is 40.5 Å². The van der Waals surface area contributed by atoms with E-state index in [9.17, 15) is 9.59 Å². The minimum Gasteiger partial charge on any atom is -0.481 e. The van der Waals surface area contributed by atoms with Gasteiger partial charge in [0, 0.05) is 17.1 Å². The third-order valence-electron chi connectivity index (χ3n) is 5.25. The SMILES string of the molecule is C#CCOc1ccc2nc(C(=O)Nc3cncc(C(=O)OC)c3)nc(-c3ccc(CC)cc3)c2c1. The fourth-order valence-electron chi connectivity index (χ4n) is 3.47. The summed E-state index contributed by atoms with van der Waals surface area (Å²) in [6.45, 7) is 2.21. The maximum atomic E-state index is 13.1. The van der Waals surface area contributed by atoms with Gasteiger partial charge >= 0.3 is 5.97 Å². The van der Waals surface area contributed by atoms with Crippen LogP contribution in [0.1, 0.15) is 33.5 Å². The Kier molecular flexibility index (Phi) is 6.98. The number of rotatable bonds is 7. The summed E-state index contributed by atoms with van der Waals surface area (Å²) in [5.41, 5.74) is 3.67. The highest BCUT2D eigenvalue weighted by Gasteiger charge is 2.17. The number of aromatic nitrogens is 3. The number of aryl methyl sites for hydroxylation is 1. The average Bonchev–Trinajstić information content (AvgIpc) is 2.90. The Hall–Kier alpha value is -4.77. The molecule has 0 bridgehead atoms. The number of fused-ring (bicyclic) bond motifs is 1. The van der Waals surface area contributed by atoms with Crippen molar-refractivity contribution in [1.82, 2.24) is 15.0 Å². The van der Waals surface area contributed by atoms with E-state index in [2.05, 4.69) is 33.1 Å². The number of esters is 1. The maximum Gasteiger partial charge on any atom is 0.339 e. The molecule has 4 rings (SSSR count). The lowest BCUT2D eigenvalue weighted by atomic mass is 10.0. The number of amides is 1. The fourth-order valence-corrected chi connectivity index (χ4v) is 3.47. The number of ether oxygens (including phenoxy) is 2. The van der Waals surface area contributed by atoms with Crippen molar-refractivity contribution >= 4 is 28.5 Å². The van der Waals surface area contributed by atoms with Gasteiger partial charge in [0.15, 0.2) is 0 Å². The van der Waals surface area contributed by atoms with Gasteiger partial charge in [-0.05, 0) is 36.2 Å². The van der Waals surface area contributed by atoms with Crippen LogP contribution in [0.15, 0.2) is 60.9 Å². The molecule has 0 aliphatic heterocycles. The summed E-state index contributed by atoms with van der Waals surface area (Å²) in [6, 6.07) is 14.7. The lowest BCUT2D eigenvalue weighted by Gasteiger charge is -2.12. The van der Waals surface area contributed by atoms with Crippen LogP contribution in [0.3, 0.4) is 0 Å². The van der Waals surface area contributed by atoms with Crippen LogP contribution < -0.4 is 10.1 Å². The van der Waals surface area contributed by atoms with Crippen LogP contribution in [0.2, 0.25) is 0 Å². The van der Waals surface area contributed by atoms with Crippen LogP contribution in [-0.2, 0) is 11.2 Å². The fraction of sp³-hybridized carbons (Fsp3) is 0.148. The normalized spacial score (nSPS) is 10.4. The first-order valence-electron chi connectivity index (χ1n) is 10.8. The van der Waals surface area contributed by atoms with Gasteiger partial charge in [0.25, 0.3) is 5.91 Å². The summed E-state index contributed by atoms with van der Waals surface area (Å²) in [5.74, 6) is 1.88. The Morgan fingerprint density at radius 1 is 1.06 bits per heavy atom. The van der Waals surface area contributed by atoms with E-state index < -0.39 is 11.9 Å². The first kappa shape index (κ1) is 23.4. The number of anilines is 1. The number of carbonyl (C=O) groups is 2. The molecule has 0 saturated heterocycles. The molecule has 174 valence electrons. The Balaban J connectivity index is 1.76. The van der Waals surface area contributed by atoms with E-state index in [1.54, 1.807) is 18.2 Å². The summed E-state index contributed by atoms with van der Waals surface area (Å²) in [5, 5.41) is 3.41. The second-order valence-corrected chi connectivity index (χ2v) is 7.53. The molecule has 2 aromatic carbocycles. The number of hydrogen-bond donors (Lipinski definition) is 1. The third kappa shape index (κ3) is 5.25. The maximum absolute atomic E-state index is 13.1. The van der Waals surface area contributed by atoms with E-state index in [1.807, 2.05) is 24.3 Å². The summed E-state index contributed by atoms with van der Waals surface area (Å²) < 4.78 is 10.3. The van der Waals surface area contributed by atoms with Crippen LogP contribution in [0.25, 0.3) is 22.2 Å². The molecule has 0 aliphatic rings. The quantitative estimate of drug-likeness (QED) is 0.320. The zero-order valence-electron chi connectivity index (χ0n) is 19.2. The monoisotopic (exact) mass is 466 g/mol. The molecule has 0 atom stereocenters. The zero-order chi connectivity index (χ0) is 24.8. The molecule has 4 aromatic rings. The second kappa shape index (κ2) is 10.4. The van der Waals surface area contributed by atoms with Gasteiger partial charge in [-0.1, -0.05) is 37.1 Å². The number of terminal acetylenes is 1. The Morgan fingerprint density at radius 3 is 2.57 bits per heavy atom. The Morgan fingerprint density at radius 2 is 1.86 bits per heavy atom. The zero-order valence-corrected chi connectivity index (χ0v) is 19.2. The van der Waals surface area contributed by atoms with Gasteiger partial charge in [-0.3, -0.25) is 9.78 Å². The van der Waals surface area contributed by atoms with Crippen molar-refractivity contribution in [2.45, 2.75) is 13.3 Å². The predicted molar refractivity (Wildman–Crippen MR) is 132 cm³/mol. The van der Waals surface area contributed by atoms with Gasteiger partial charge < -0.3 is 14.8 Å². The van der Waals surface area contributed by atoms with Crippen molar-refractivity contribution in [2.75, 3.05) is 19.0 Å². The van der Waals surface area contributed by atoms with Gasteiger partial charge in [0.1, 0.15) is 12.4 Å². The highest BCUT2D eigenvalue weighted by atomic mass is 16.5. The van der Waals surface area contributed by atoms with Crippen molar-refractivity contribution in [3.8, 4) is 29.4 Å². The standard InChI is InChI=1S/C27H22N4O4/c1-4-12-35-21-10-11-23-22(14-21)24(18-8-6-17(5-2)7-9-18)31-25(30-23)26(32)29-20-13-19(15-28-16-20)27(33)34-3/h1,6-11,13-16H,5,12H2,2-3H3,(H,29,32). The molecule has 8 heteroatoms. The minimum atomic E-state index is -0.559. The first-order chi connectivity index (χ1) is 17.0. The number of pyridine rings is 1. The van der Waals surface area contributed by atoms with Crippen molar-refractivity contribution in [3.63, 3.8) is 0 Å². The van der Waals surface area contributed by atoms with Gasteiger partial charge in [-0.25, -0.2) is 14.8 Å². The highest BCUT2D eigenvalue weighted by molar-refractivity contribution is 6.05. The minimum absolute atomic E-state index is 0.0344. The highest BCUT2D eigenvalue weighted by Crippen LogP contribution is 2.30. The van der Waals surface area contributed by atoms with Gasteiger partial charge in [0.2, 0.25) is 5.82 Å². The number of nitrogens with one attached hydrogen (secondary N) is 1. The van der Waals surface area contributed by atoms with E-state index in [0.29, 0.717) is 22.6 Å². The number of methoxy groups -OCH3 is 1. The molecule has 1 N–H and O–H groups in total. The van der Waals surface area contributed by atoms with E-state index in [1.165, 1.54) is 31.1 Å². The van der Waals surface area contributed by atoms with Crippen molar-refractivity contribution in [3.05, 3.63) is 77.9 Å². The molecule has 1 amide bonds. The predicted octanol–water partition coefficient (Wildman–Crippen LogP) is 4.31. The molecule has 0 aliphatic carbocycles. The Bertz CT molecular complexity index is 1440. The van der Waals surface area contributed by atoms with Crippen molar-refractivity contribution in [2.24, 2.45) is 0 Å². The Labute approximate surface area is 202 Å². The molecule has 8 nitrogen and oxygen atoms in total. The average molecular weight is 466 g/mol. The van der Waals surface area contributed by atoms with Crippen LogP contribution in [0.4, 0.5) is 5.69 Å². The summed E-state index contributed by atoms with van der Waals surface area (Å²) in [6.07, 6.45) is 8.99. The molecule has 2 aromatic heterocycles. The number of carbonyl (C=O) groups excluding carboxylic acids is 2. The van der Waals surface area contributed by atoms with Gasteiger partial charge in [-0.2, -0.15) is 0 Å². The van der Waals surface area contributed by atoms with E-state index in [-0.39, 0.29) is 18.0 Å². The van der Waals surface area contributed by atoms with E-state index in [4.69, 9.17) is 15.9 Å². The van der Waals surface area contributed by atoms with E-state index in [0.717, 1.165) is 17.4 Å². The topological polar surface area (TPSA) is 103 Å². The number of hydrogen-bond acceptors (Lipinski definition) is 7. The smallest absolute Gasteiger partial charge is 0.339 e. The molecular formula is C27H22N4O4. The largest absolute Gasteiger partial charge is 0.481 e. The third-order valence-corrected chi connectivity index (χ3v) is 5.25. The van der Waals surface area contributed by atoms with Crippen LogP contribution in [0, 0.1) is 12.3 Å². The summed E-state index contributed by atoms with van der Waals surface area (Å²) in [4.78, 5) is 37.9. The molecular weight excluding hydrogens is 444 g/mol. The van der Waals surface area contributed by atoms with Crippen LogP contribution >= 0.6 is 0 Å². The molecule has 0 saturated carbocycles. The molecule has 0 spiro atoms. The molecule has 2 heterocycles. The van der Waals surface area contributed by atoms with E-state index >= 15 is 0 Å². The molecule has 0 unspecified atom stereocenters. The summed E-state index contributed by atoms with van der Waals surface area (Å²) in [7, 11) is 1.27. The van der Waals surface area contributed by atoms with Gasteiger partial charge in [0.05, 0.1) is 35.8 Å². The molecule has 0 fully saturated rings. The van der Waals surface area contributed by atoms with Crippen molar-refractivity contribution in [1.29, 1.82) is 0 Å². The van der Waals surface area contributed by atoms with Crippen LogP contribution in [0.5, 0.6) is 5.75 Å². The lowest BCUT2D eigenvalue weighted by Crippen LogP contribution is -2.17. The second-order valence-electron chi connectivity index (χ2n) is 7.53. The number of nitrogens with zero attached hydrogens (tertiary/aromatic N) is 3. The molecule has 35 heavy (non-hydrogen) atoms. The first-order valence-corrected chi connectivity index (χ1v) is 10.8. The number of benzene rings is 2. The summed E-state index contributed by atoms with van der Waals surface area (Å²) >= 11 is 0. The van der Waals surface area contributed by atoms with Gasteiger partial charge in [-0.15, -0.1) is 6.42 Å². The molecule has 0 radical (unpaired) electrons. The van der Waals surface area contributed by atoms with Crippen molar-refractivity contribution < 1.29 is 19.1 Å². The lowest BCUT2D eigenvalue weighted by molar-refractivity contribution is 0.0600.